The maximum Gasteiger partial charge on any atom is 0.223 e. The van der Waals surface area contributed by atoms with Gasteiger partial charge in [-0.15, -0.1) is 0 Å². The van der Waals surface area contributed by atoms with Crippen LogP contribution in [0.4, 0.5) is 5.69 Å². The largest absolute Gasteiger partial charge is 0.352 e. The Morgan fingerprint density at radius 3 is 2.78 bits per heavy atom. The minimum absolute atomic E-state index is 0.0984. The van der Waals surface area contributed by atoms with Crippen LogP contribution < -0.4 is 10.2 Å². The van der Waals surface area contributed by atoms with Gasteiger partial charge in [0.1, 0.15) is 0 Å². The van der Waals surface area contributed by atoms with E-state index in [-0.39, 0.29) is 11.8 Å². The molecule has 0 aliphatic heterocycles. The number of anilines is 1. The average Bonchev–Trinajstić information content (AvgIpc) is 2.89. The van der Waals surface area contributed by atoms with E-state index in [2.05, 4.69) is 48.1 Å². The molecule has 0 radical (unpaired) electrons. The summed E-state index contributed by atoms with van der Waals surface area (Å²) in [5.74, 6) is 0.677. The molecule has 3 aromatic rings. The first-order valence-electron chi connectivity index (χ1n) is 13.2. The quantitative estimate of drug-likeness (QED) is 0.324. The maximum absolute atomic E-state index is 12.9. The van der Waals surface area contributed by atoms with Gasteiger partial charge in [-0.3, -0.25) is 14.8 Å². The van der Waals surface area contributed by atoms with E-state index in [1.807, 2.05) is 43.4 Å². The predicted molar refractivity (Wildman–Crippen MR) is 154 cm³/mol. The number of aryl methyl sites for hydroxylation is 2. The number of pyridine rings is 2. The molecule has 0 saturated heterocycles. The van der Waals surface area contributed by atoms with E-state index >= 15 is 0 Å². The SMILES string of the molecule is C=CN(/C=C\C)c1cc(C)nc2c(CCc3c(Cl)cncc3CNC(=O)C3CCCCC3C)cccc12. The van der Waals surface area contributed by atoms with Gasteiger partial charge in [-0.2, -0.15) is 0 Å². The van der Waals surface area contributed by atoms with Crippen molar-refractivity contribution in [1.29, 1.82) is 0 Å². The lowest BCUT2D eigenvalue weighted by Crippen LogP contribution is -2.35. The number of allylic oxidation sites excluding steroid dienone is 1. The van der Waals surface area contributed by atoms with Gasteiger partial charge in [0.05, 0.1) is 16.2 Å². The number of rotatable bonds is 9. The Labute approximate surface area is 225 Å². The van der Waals surface area contributed by atoms with E-state index in [9.17, 15) is 4.79 Å². The van der Waals surface area contributed by atoms with Gasteiger partial charge < -0.3 is 10.2 Å². The number of hydrogen-bond donors (Lipinski definition) is 1. The zero-order valence-corrected chi connectivity index (χ0v) is 22.9. The molecule has 1 saturated carbocycles. The Hall–Kier alpha value is -3.18. The number of nitrogens with one attached hydrogen (secondary N) is 1. The molecule has 1 aliphatic carbocycles. The molecule has 2 aromatic heterocycles. The van der Waals surface area contributed by atoms with Crippen molar-refractivity contribution in [3.8, 4) is 0 Å². The van der Waals surface area contributed by atoms with Crippen molar-refractivity contribution < 1.29 is 4.79 Å². The van der Waals surface area contributed by atoms with Gasteiger partial charge in [0.25, 0.3) is 0 Å². The highest BCUT2D eigenvalue weighted by atomic mass is 35.5. The third-order valence-electron chi connectivity index (χ3n) is 7.45. The molecule has 4 rings (SSSR count). The van der Waals surface area contributed by atoms with Crippen molar-refractivity contribution in [2.75, 3.05) is 4.90 Å². The Kier molecular flexibility index (Phi) is 8.99. The summed E-state index contributed by atoms with van der Waals surface area (Å²) in [5.41, 5.74) is 6.15. The molecule has 6 heteroatoms. The first-order chi connectivity index (χ1) is 17.9. The van der Waals surface area contributed by atoms with Crippen molar-refractivity contribution >= 4 is 34.1 Å². The van der Waals surface area contributed by atoms with Crippen LogP contribution in [0.2, 0.25) is 5.02 Å². The zero-order valence-electron chi connectivity index (χ0n) is 22.1. The van der Waals surface area contributed by atoms with Gasteiger partial charge in [-0.1, -0.05) is 62.2 Å². The summed E-state index contributed by atoms with van der Waals surface area (Å²) >= 11 is 6.63. The van der Waals surface area contributed by atoms with Crippen LogP contribution in [0.3, 0.4) is 0 Å². The number of nitrogens with zero attached hydrogens (tertiary/aromatic N) is 3. The number of fused-ring (bicyclic) bond motifs is 1. The van der Waals surface area contributed by atoms with E-state index in [0.29, 0.717) is 17.5 Å². The standard InChI is InChI=1S/C31H37ClN4O/c1-5-16-36(6-2)29-17-22(4)35-30-23(11-9-13-27(29)30)14-15-26-24(18-33-20-28(26)32)19-34-31(37)25-12-8-7-10-21(25)3/h5-6,9,11,13,16-18,20-21,25H,2,7-8,10,12,14-15,19H2,1,3-4H3,(H,34,37)/b16-5-. The van der Waals surface area contributed by atoms with E-state index < -0.39 is 0 Å². The lowest BCUT2D eigenvalue weighted by atomic mass is 9.80. The van der Waals surface area contributed by atoms with E-state index in [4.69, 9.17) is 16.6 Å². The lowest BCUT2D eigenvalue weighted by Gasteiger charge is -2.27. The van der Waals surface area contributed by atoms with Gasteiger partial charge in [-0.05, 0) is 68.2 Å². The second-order valence-corrected chi connectivity index (χ2v) is 10.4. The van der Waals surface area contributed by atoms with E-state index in [1.54, 1.807) is 6.20 Å². The number of halogens is 1. The van der Waals surface area contributed by atoms with Gasteiger partial charge in [0.2, 0.25) is 5.91 Å². The molecule has 2 heterocycles. The molecular formula is C31H37ClN4O. The first kappa shape index (κ1) is 26.9. The van der Waals surface area contributed by atoms with Crippen molar-refractivity contribution in [2.24, 2.45) is 11.8 Å². The highest BCUT2D eigenvalue weighted by Crippen LogP contribution is 2.32. The van der Waals surface area contributed by atoms with Gasteiger partial charge in [0, 0.05) is 48.3 Å². The normalized spacial score (nSPS) is 17.7. The number of hydrogen-bond acceptors (Lipinski definition) is 4. The monoisotopic (exact) mass is 516 g/mol. The van der Waals surface area contributed by atoms with Crippen LogP contribution in [-0.4, -0.2) is 15.9 Å². The molecule has 1 amide bonds. The molecule has 194 valence electrons. The van der Waals surface area contributed by atoms with Crippen LogP contribution in [0, 0.1) is 18.8 Å². The van der Waals surface area contributed by atoms with Crippen LogP contribution in [0.1, 0.15) is 61.9 Å². The van der Waals surface area contributed by atoms with Gasteiger partial charge >= 0.3 is 0 Å². The Morgan fingerprint density at radius 2 is 2.03 bits per heavy atom. The summed E-state index contributed by atoms with van der Waals surface area (Å²) in [7, 11) is 0. The first-order valence-corrected chi connectivity index (χ1v) is 13.6. The molecule has 1 fully saturated rings. The van der Waals surface area contributed by atoms with Gasteiger partial charge in [-0.25, -0.2) is 0 Å². The van der Waals surface area contributed by atoms with Crippen molar-refractivity contribution in [1.82, 2.24) is 15.3 Å². The second kappa shape index (κ2) is 12.4. The van der Waals surface area contributed by atoms with Crippen molar-refractivity contribution in [3.63, 3.8) is 0 Å². The Morgan fingerprint density at radius 1 is 1.22 bits per heavy atom. The summed E-state index contributed by atoms with van der Waals surface area (Å²) in [6.45, 7) is 10.6. The molecule has 0 bridgehead atoms. The summed E-state index contributed by atoms with van der Waals surface area (Å²) < 4.78 is 0. The second-order valence-electron chi connectivity index (χ2n) is 10.0. The predicted octanol–water partition coefficient (Wildman–Crippen LogP) is 7.30. The summed E-state index contributed by atoms with van der Waals surface area (Å²) in [6.07, 6.45) is 15.3. The van der Waals surface area contributed by atoms with E-state index in [1.165, 1.54) is 6.42 Å². The Bertz CT molecular complexity index is 1300. The molecule has 5 nitrogen and oxygen atoms in total. The van der Waals surface area contributed by atoms with Crippen molar-refractivity contribution in [2.45, 2.75) is 65.8 Å². The number of amides is 1. The van der Waals surface area contributed by atoms with Crippen molar-refractivity contribution in [3.05, 3.63) is 89.1 Å². The number of aromatic nitrogens is 2. The molecule has 2 unspecified atom stereocenters. The Balaban J connectivity index is 1.56. The summed E-state index contributed by atoms with van der Waals surface area (Å²) in [5, 5.41) is 4.88. The minimum atomic E-state index is 0.0984. The third kappa shape index (κ3) is 6.22. The van der Waals surface area contributed by atoms with E-state index in [0.717, 1.165) is 71.1 Å². The average molecular weight is 517 g/mol. The van der Waals surface area contributed by atoms with Crippen LogP contribution in [0.25, 0.3) is 10.9 Å². The number of para-hydroxylation sites is 1. The third-order valence-corrected chi connectivity index (χ3v) is 7.78. The maximum atomic E-state index is 12.9. The van der Waals surface area contributed by atoms with Crippen LogP contribution in [0.15, 0.2) is 61.7 Å². The summed E-state index contributed by atoms with van der Waals surface area (Å²) in [6, 6.07) is 8.40. The molecular weight excluding hydrogens is 480 g/mol. The molecule has 0 spiro atoms. The highest BCUT2D eigenvalue weighted by Gasteiger charge is 2.27. The smallest absolute Gasteiger partial charge is 0.223 e. The summed E-state index contributed by atoms with van der Waals surface area (Å²) in [4.78, 5) is 24.1. The minimum Gasteiger partial charge on any atom is -0.352 e. The molecule has 2 atom stereocenters. The number of carbonyl (C=O) groups is 1. The van der Waals surface area contributed by atoms with Crippen LogP contribution in [0.5, 0.6) is 0 Å². The molecule has 37 heavy (non-hydrogen) atoms. The zero-order chi connectivity index (χ0) is 26.4. The fourth-order valence-electron chi connectivity index (χ4n) is 5.44. The number of benzene rings is 1. The van der Waals surface area contributed by atoms with Gasteiger partial charge in [0.15, 0.2) is 0 Å². The topological polar surface area (TPSA) is 58.1 Å². The molecule has 1 aromatic carbocycles. The van der Waals surface area contributed by atoms with Crippen LogP contribution in [-0.2, 0) is 24.2 Å². The fourth-order valence-corrected chi connectivity index (χ4v) is 5.72. The molecule has 1 N–H and O–H groups in total. The van der Waals surface area contributed by atoms with Crippen LogP contribution >= 0.6 is 11.6 Å². The number of carbonyl (C=O) groups excluding carboxylic acids is 1. The fraction of sp³-hybridized carbons (Fsp3) is 0.387. The molecule has 1 aliphatic rings. The highest BCUT2D eigenvalue weighted by molar-refractivity contribution is 6.31. The lowest BCUT2D eigenvalue weighted by molar-refractivity contribution is -0.127.